The summed E-state index contributed by atoms with van der Waals surface area (Å²) in [7, 11) is 2.63. The van der Waals surface area contributed by atoms with Crippen LogP contribution in [0.25, 0.3) is 33.6 Å². The standard InChI is InChI=1S/C47H58N8O6/c1-26(2)38(52-44(58)60-5)40(56)54-24-28-16-18-46(54,20-28)42-48-22-36(50-42)31-12-10-30(11-13-31)32-14-15-35(34-9-7-8-33(32)34)37-23-49-43(51-37)47-19-17-29(21-47)25-55(47)41(57)39(27(3)4)53-45(59)61-6/h10-15,22-23,26-29,38-39H,7-9,16-21,24-25H2,1-6H3,(H,48,50)(H,49,51)(H,52,58)(H,53,59). The molecule has 4 aromatic rings. The lowest BCUT2D eigenvalue weighted by Crippen LogP contribution is -2.56. The quantitative estimate of drug-likeness (QED) is 0.124. The maximum Gasteiger partial charge on any atom is 0.407 e. The highest BCUT2D eigenvalue weighted by molar-refractivity contribution is 5.88. The number of fused-ring (bicyclic) bond motifs is 5. The van der Waals surface area contributed by atoms with Crippen molar-refractivity contribution in [2.24, 2.45) is 23.7 Å². The molecule has 6 unspecified atom stereocenters. The lowest BCUT2D eigenvalue weighted by molar-refractivity contribution is -0.141. The molecule has 2 aromatic carbocycles. The number of ether oxygens (including phenoxy) is 2. The van der Waals surface area contributed by atoms with Gasteiger partial charge in [0.1, 0.15) is 34.8 Å². The topological polar surface area (TPSA) is 175 Å². The molecule has 3 aliphatic carbocycles. The van der Waals surface area contributed by atoms with E-state index in [1.54, 1.807) is 0 Å². The average molecular weight is 831 g/mol. The van der Waals surface area contributed by atoms with Crippen LogP contribution in [0, 0.1) is 23.7 Å². The number of alkyl carbamates (subject to hydrolysis) is 2. The van der Waals surface area contributed by atoms with Crippen molar-refractivity contribution in [1.29, 1.82) is 0 Å². The molecule has 0 spiro atoms. The molecule has 14 nitrogen and oxygen atoms in total. The molecule has 4 heterocycles. The van der Waals surface area contributed by atoms with Crippen molar-refractivity contribution < 1.29 is 28.7 Å². The molecule has 2 aromatic heterocycles. The predicted molar refractivity (Wildman–Crippen MR) is 229 cm³/mol. The smallest absolute Gasteiger partial charge is 0.407 e. The van der Waals surface area contributed by atoms with Crippen LogP contribution >= 0.6 is 0 Å². The van der Waals surface area contributed by atoms with Crippen LogP contribution in [0.5, 0.6) is 0 Å². The molecular weight excluding hydrogens is 773 g/mol. The van der Waals surface area contributed by atoms with Crippen LogP contribution in [-0.2, 0) is 43.0 Å². The molecule has 5 aliphatic rings. The van der Waals surface area contributed by atoms with Gasteiger partial charge in [-0.05, 0) is 109 Å². The van der Waals surface area contributed by atoms with Gasteiger partial charge in [0, 0.05) is 18.7 Å². The van der Waals surface area contributed by atoms with Crippen molar-refractivity contribution >= 4 is 24.0 Å². The summed E-state index contributed by atoms with van der Waals surface area (Å²) in [4.78, 5) is 73.5. The van der Waals surface area contributed by atoms with Crippen LogP contribution < -0.4 is 10.6 Å². The molecule has 2 saturated heterocycles. The summed E-state index contributed by atoms with van der Waals surface area (Å²) >= 11 is 0. The van der Waals surface area contributed by atoms with Crippen molar-refractivity contribution in [2.75, 3.05) is 27.3 Å². The molecule has 4 N–H and O–H groups in total. The predicted octanol–water partition coefficient (Wildman–Crippen LogP) is 7.06. The van der Waals surface area contributed by atoms with Crippen LogP contribution in [0.4, 0.5) is 9.59 Å². The molecule has 6 atom stereocenters. The van der Waals surface area contributed by atoms with Gasteiger partial charge in [0.25, 0.3) is 0 Å². The van der Waals surface area contributed by atoms with E-state index < -0.39 is 35.3 Å². The number of likely N-dealkylation sites (tertiary alicyclic amines) is 2. The first-order valence-electron chi connectivity index (χ1n) is 22.0. The van der Waals surface area contributed by atoms with Crippen molar-refractivity contribution in [3.63, 3.8) is 0 Å². The van der Waals surface area contributed by atoms with Gasteiger partial charge in [0.05, 0.1) is 38.0 Å². The van der Waals surface area contributed by atoms with E-state index in [-0.39, 0.29) is 23.7 Å². The number of methoxy groups -OCH3 is 2. The Morgan fingerprint density at radius 3 is 1.62 bits per heavy atom. The summed E-state index contributed by atoms with van der Waals surface area (Å²) < 4.78 is 9.69. The normalized spacial score (nSPS) is 24.7. The lowest BCUT2D eigenvalue weighted by Gasteiger charge is -2.40. The summed E-state index contributed by atoms with van der Waals surface area (Å²) in [5, 5.41) is 5.55. The van der Waals surface area contributed by atoms with Crippen molar-refractivity contribution in [2.45, 2.75) is 109 Å². The number of aromatic nitrogens is 4. The number of H-pyrrole nitrogens is 2. The second kappa shape index (κ2) is 15.7. The van der Waals surface area contributed by atoms with E-state index in [4.69, 9.17) is 19.4 Å². The fourth-order valence-corrected chi connectivity index (χ4v) is 11.4. The van der Waals surface area contributed by atoms with Crippen LogP contribution in [0.3, 0.4) is 0 Å². The van der Waals surface area contributed by atoms with Crippen LogP contribution in [0.1, 0.15) is 95.4 Å². The molecule has 9 rings (SSSR count). The van der Waals surface area contributed by atoms with Gasteiger partial charge in [-0.15, -0.1) is 0 Å². The SMILES string of the molecule is COC(=O)NC(C(=O)N1CC2CCC1(c1ncc(-c3ccc(-c4ccc(-c5cnc(C67CCC(CN6C(=O)C(NC(=O)OC)C(C)C)C7)[nH]5)c5c4CCC5)cc3)[nH]1)C2)C(C)C. The van der Waals surface area contributed by atoms with E-state index in [1.165, 1.54) is 30.9 Å². The molecule has 322 valence electrons. The number of carbonyl (C=O) groups is 4. The zero-order valence-corrected chi connectivity index (χ0v) is 36.1. The number of aromatic amines is 2. The number of benzene rings is 2. The summed E-state index contributed by atoms with van der Waals surface area (Å²) in [6.45, 7) is 9.05. The van der Waals surface area contributed by atoms with E-state index in [1.807, 2.05) is 49.9 Å². The Balaban J connectivity index is 0.945. The Morgan fingerprint density at radius 2 is 1.13 bits per heavy atom. The van der Waals surface area contributed by atoms with E-state index in [0.717, 1.165) is 97.5 Å². The van der Waals surface area contributed by atoms with Gasteiger partial charge in [-0.1, -0.05) is 64.1 Å². The average Bonchev–Trinajstić information content (AvgIpc) is 4.13. The Bertz CT molecular complexity index is 2350. The minimum Gasteiger partial charge on any atom is -0.453 e. The number of nitrogens with zero attached hydrogens (tertiary/aromatic N) is 4. The fourth-order valence-electron chi connectivity index (χ4n) is 11.4. The molecular formula is C47H58N8O6. The lowest BCUT2D eigenvalue weighted by atomic mass is 9.92. The number of hydrogen-bond acceptors (Lipinski definition) is 8. The number of piperidine rings is 2. The Kier molecular flexibility index (Phi) is 10.5. The first kappa shape index (κ1) is 40.7. The third-order valence-electron chi connectivity index (χ3n) is 14.5. The van der Waals surface area contributed by atoms with Crippen LogP contribution in [0.2, 0.25) is 0 Å². The van der Waals surface area contributed by atoms with Gasteiger partial charge in [-0.25, -0.2) is 19.6 Å². The minimum atomic E-state index is -0.685. The monoisotopic (exact) mass is 830 g/mol. The highest BCUT2D eigenvalue weighted by atomic mass is 16.5. The highest BCUT2D eigenvalue weighted by Crippen LogP contribution is 2.54. The van der Waals surface area contributed by atoms with Gasteiger partial charge < -0.3 is 39.9 Å². The number of hydrogen-bond donors (Lipinski definition) is 4. The first-order valence-corrected chi connectivity index (χ1v) is 22.0. The molecule has 61 heavy (non-hydrogen) atoms. The van der Waals surface area contributed by atoms with Gasteiger partial charge in [-0.3, -0.25) is 9.59 Å². The molecule has 0 radical (unpaired) electrons. The van der Waals surface area contributed by atoms with E-state index >= 15 is 0 Å². The highest BCUT2D eigenvalue weighted by Gasteiger charge is 2.58. The Morgan fingerprint density at radius 1 is 0.672 bits per heavy atom. The summed E-state index contributed by atoms with van der Waals surface area (Å²) in [6, 6.07) is 11.7. The molecule has 4 bridgehead atoms. The van der Waals surface area contributed by atoms with E-state index in [9.17, 15) is 19.2 Å². The fraction of sp³-hybridized carbons (Fsp3) is 0.532. The molecule has 2 saturated carbocycles. The van der Waals surface area contributed by atoms with Gasteiger partial charge in [0.15, 0.2) is 0 Å². The molecule has 14 heteroatoms. The van der Waals surface area contributed by atoms with Crippen molar-refractivity contribution in [1.82, 2.24) is 40.4 Å². The maximum atomic E-state index is 14.1. The van der Waals surface area contributed by atoms with Gasteiger partial charge in [-0.2, -0.15) is 0 Å². The number of carbonyl (C=O) groups excluding carboxylic acids is 4. The van der Waals surface area contributed by atoms with Crippen molar-refractivity contribution in [3.8, 4) is 33.6 Å². The zero-order valence-electron chi connectivity index (χ0n) is 36.1. The largest absolute Gasteiger partial charge is 0.453 e. The third-order valence-corrected chi connectivity index (χ3v) is 14.5. The third kappa shape index (κ3) is 6.86. The summed E-state index contributed by atoms with van der Waals surface area (Å²) in [5.74, 6) is 2.03. The number of amides is 4. The molecule has 4 fully saturated rings. The van der Waals surface area contributed by atoms with Crippen LogP contribution in [-0.4, -0.2) is 93.1 Å². The number of nitrogens with one attached hydrogen (secondary N) is 4. The second-order valence-corrected chi connectivity index (χ2v) is 18.7. The second-order valence-electron chi connectivity index (χ2n) is 18.7. The minimum absolute atomic E-state index is 0.0879. The Hall–Kier alpha value is -5.66. The van der Waals surface area contributed by atoms with Crippen LogP contribution in [0.15, 0.2) is 48.8 Å². The summed E-state index contributed by atoms with van der Waals surface area (Å²) in [5.41, 5.74) is 8.05. The number of imidazole rings is 2. The van der Waals surface area contributed by atoms with E-state index in [0.29, 0.717) is 24.9 Å². The molecule has 4 amide bonds. The zero-order chi connectivity index (χ0) is 42.8. The number of rotatable bonds is 11. The maximum absolute atomic E-state index is 14.1. The van der Waals surface area contributed by atoms with Gasteiger partial charge >= 0.3 is 12.2 Å². The summed E-state index contributed by atoms with van der Waals surface area (Å²) in [6.07, 6.45) is 11.1. The first-order chi connectivity index (χ1) is 29.3. The Labute approximate surface area is 357 Å². The molecule has 2 aliphatic heterocycles. The van der Waals surface area contributed by atoms with E-state index in [2.05, 4.69) is 57.0 Å². The van der Waals surface area contributed by atoms with Crippen molar-refractivity contribution in [3.05, 3.63) is 71.6 Å². The van der Waals surface area contributed by atoms with Gasteiger partial charge in [0.2, 0.25) is 11.8 Å².